The van der Waals surface area contributed by atoms with E-state index in [1.54, 1.807) is 6.92 Å². The molecule has 0 fully saturated rings. The lowest BCUT2D eigenvalue weighted by molar-refractivity contribution is -0.110. The zero-order valence-electron chi connectivity index (χ0n) is 4.12. The zero-order valence-corrected chi connectivity index (χ0v) is 5.12. The molecular formula is C4H8OSi. The smallest absolute Gasteiger partial charge is 0.126 e. The number of rotatable bonds is 1. The first-order chi connectivity index (χ1) is 2.64. The summed E-state index contributed by atoms with van der Waals surface area (Å²) >= 11 is 0. The van der Waals surface area contributed by atoms with Gasteiger partial charge in [0, 0.05) is 0 Å². The highest BCUT2D eigenvalue weighted by molar-refractivity contribution is 6.89. The minimum absolute atomic E-state index is 0.250. The van der Waals surface area contributed by atoms with Crippen LogP contribution in [0.1, 0.15) is 6.92 Å². The molecule has 0 aromatic heterocycles. The van der Waals surface area contributed by atoms with E-state index in [1.165, 1.54) is 0 Å². The van der Waals surface area contributed by atoms with Gasteiger partial charge < -0.3 is 4.79 Å². The van der Waals surface area contributed by atoms with Crippen LogP contribution in [0.5, 0.6) is 0 Å². The van der Waals surface area contributed by atoms with E-state index >= 15 is 0 Å². The van der Waals surface area contributed by atoms with Crippen LogP contribution in [-0.4, -0.2) is 20.0 Å². The summed E-state index contributed by atoms with van der Waals surface area (Å²) in [5.41, 5.74) is 0. The van der Waals surface area contributed by atoms with Crippen LogP contribution in [0.3, 0.4) is 0 Å². The highest BCUT2D eigenvalue weighted by Crippen LogP contribution is 1.63. The Morgan fingerprint density at radius 3 is 2.00 bits per heavy atom. The molecule has 0 saturated carbocycles. The fraction of sp³-hybridized carbons (Fsp3) is 0.500. The molecule has 0 aliphatic carbocycles. The topological polar surface area (TPSA) is 17.1 Å². The molecule has 34 valence electrons. The largest absolute Gasteiger partial charge is 0.301 e. The lowest BCUT2D eigenvalue weighted by Gasteiger charge is -1.78. The third kappa shape index (κ3) is 2.02. The van der Waals surface area contributed by atoms with Crippen LogP contribution < -0.4 is 0 Å². The van der Waals surface area contributed by atoms with Crippen LogP contribution in [0.15, 0.2) is 0 Å². The molecule has 0 amide bonds. The maximum absolute atomic E-state index is 10.1. The van der Waals surface area contributed by atoms with E-state index in [0.29, 0.717) is 0 Å². The zero-order chi connectivity index (χ0) is 5.15. The van der Waals surface area contributed by atoms with Crippen molar-refractivity contribution in [1.82, 2.24) is 0 Å². The van der Waals surface area contributed by atoms with Crippen molar-refractivity contribution >= 4 is 20.0 Å². The maximum Gasteiger partial charge on any atom is 0.126 e. The van der Waals surface area contributed by atoms with E-state index < -0.39 is 8.41 Å². The Kier molecular flexibility index (Phi) is 1.94. The second kappa shape index (κ2) is 2.03. The molecule has 0 unspecified atom stereocenters. The summed E-state index contributed by atoms with van der Waals surface area (Å²) in [6, 6.07) is 0. The molecule has 2 heteroatoms. The standard InChI is InChI=1S/C4H8OSi/c1-4(5)6(2)3/h2H2,1,3H3. The Hall–Kier alpha value is -0.243. The van der Waals surface area contributed by atoms with Crippen molar-refractivity contribution in [3.05, 3.63) is 0 Å². The van der Waals surface area contributed by atoms with Crippen molar-refractivity contribution in [3.63, 3.8) is 0 Å². The predicted octanol–water partition coefficient (Wildman–Crippen LogP) is 0.253. The van der Waals surface area contributed by atoms with Crippen LogP contribution in [0.25, 0.3) is 0 Å². The number of hydrogen-bond donors (Lipinski definition) is 0. The quantitative estimate of drug-likeness (QED) is 0.432. The van der Waals surface area contributed by atoms with Crippen LogP contribution in [-0.2, 0) is 4.79 Å². The van der Waals surface area contributed by atoms with Gasteiger partial charge >= 0.3 is 0 Å². The molecule has 0 N–H and O–H groups in total. The first-order valence-electron chi connectivity index (χ1n) is 1.81. The molecule has 6 heavy (non-hydrogen) atoms. The summed E-state index contributed by atoms with van der Waals surface area (Å²) in [6.07, 6.45) is 3.59. The number of carbonyl (C=O) groups is 1. The third-order valence-corrected chi connectivity index (χ3v) is 1.80. The highest BCUT2D eigenvalue weighted by atomic mass is 28.2. The SMILES string of the molecule is C=[Si](C)C(C)=O. The van der Waals surface area contributed by atoms with Gasteiger partial charge in [0.05, 0.1) is 8.41 Å². The van der Waals surface area contributed by atoms with Crippen molar-refractivity contribution < 1.29 is 4.79 Å². The Bertz CT molecular complexity index is 73.5. The Morgan fingerprint density at radius 2 is 2.00 bits per heavy atom. The lowest BCUT2D eigenvalue weighted by Crippen LogP contribution is -2.05. The van der Waals surface area contributed by atoms with Gasteiger partial charge in [-0.2, -0.15) is 0 Å². The number of carbonyl (C=O) groups excluding carboxylic acids is 1. The van der Waals surface area contributed by atoms with E-state index in [0.717, 1.165) is 0 Å². The second-order valence-electron chi connectivity index (χ2n) is 1.34. The summed E-state index contributed by atoms with van der Waals surface area (Å²) in [5, 5.41) is 0.250. The summed E-state index contributed by atoms with van der Waals surface area (Å²) in [6.45, 7) is 3.47. The summed E-state index contributed by atoms with van der Waals surface area (Å²) in [5.74, 6) is 0. The van der Waals surface area contributed by atoms with E-state index in [1.807, 2.05) is 6.55 Å². The molecule has 1 nitrogen and oxygen atoms in total. The first kappa shape index (κ1) is 5.76. The molecule has 0 saturated heterocycles. The molecule has 0 radical (unpaired) electrons. The number of hydrogen-bond acceptors (Lipinski definition) is 1. The highest BCUT2D eigenvalue weighted by Gasteiger charge is 1.87. The van der Waals surface area contributed by atoms with Gasteiger partial charge in [0.2, 0.25) is 0 Å². The monoisotopic (exact) mass is 100 g/mol. The molecule has 0 bridgehead atoms. The van der Waals surface area contributed by atoms with Gasteiger partial charge in [-0.15, -0.1) is 6.17 Å². The van der Waals surface area contributed by atoms with Crippen molar-refractivity contribution in [2.75, 3.05) is 0 Å². The van der Waals surface area contributed by atoms with Crippen LogP contribution in [0.2, 0.25) is 6.55 Å². The molecule has 0 heterocycles. The van der Waals surface area contributed by atoms with Crippen molar-refractivity contribution in [3.8, 4) is 0 Å². The normalized spacial score (nSPS) is 7.67. The molecular weight excluding hydrogens is 92.1 g/mol. The van der Waals surface area contributed by atoms with Crippen molar-refractivity contribution in [2.45, 2.75) is 13.5 Å². The van der Waals surface area contributed by atoms with E-state index in [4.69, 9.17) is 0 Å². The molecule has 0 rings (SSSR count). The third-order valence-electron chi connectivity index (χ3n) is 0.601. The fourth-order valence-corrected chi connectivity index (χ4v) is 0. The van der Waals surface area contributed by atoms with Gasteiger partial charge in [0.15, 0.2) is 0 Å². The Balaban J connectivity index is 3.57. The Morgan fingerprint density at radius 1 is 1.83 bits per heavy atom. The molecule has 0 atom stereocenters. The molecule has 0 aromatic carbocycles. The fourth-order valence-electron chi connectivity index (χ4n) is 0. The van der Waals surface area contributed by atoms with Gasteiger partial charge in [-0.3, -0.25) is 0 Å². The maximum atomic E-state index is 10.1. The average Bonchev–Trinajstić information content (AvgIpc) is 1.36. The summed E-state index contributed by atoms with van der Waals surface area (Å²) < 4.78 is 0. The van der Waals surface area contributed by atoms with Crippen LogP contribution >= 0.6 is 0 Å². The van der Waals surface area contributed by atoms with Gasteiger partial charge in [0.1, 0.15) is 5.41 Å². The Labute approximate surface area is 39.2 Å². The lowest BCUT2D eigenvalue weighted by atomic mass is 10.9. The van der Waals surface area contributed by atoms with Gasteiger partial charge in [-0.05, 0) is 13.5 Å². The summed E-state index contributed by atoms with van der Waals surface area (Å²) in [7, 11) is -0.841. The van der Waals surface area contributed by atoms with Crippen molar-refractivity contribution in [2.24, 2.45) is 0 Å². The minimum atomic E-state index is -0.841. The average molecular weight is 100 g/mol. The molecule has 0 aliphatic rings. The van der Waals surface area contributed by atoms with E-state index in [9.17, 15) is 4.79 Å². The predicted molar refractivity (Wildman–Crippen MR) is 29.4 cm³/mol. The van der Waals surface area contributed by atoms with E-state index in [2.05, 4.69) is 6.17 Å². The van der Waals surface area contributed by atoms with Crippen LogP contribution in [0.4, 0.5) is 0 Å². The molecule has 0 aromatic rings. The van der Waals surface area contributed by atoms with E-state index in [-0.39, 0.29) is 5.41 Å². The summed E-state index contributed by atoms with van der Waals surface area (Å²) in [4.78, 5) is 10.1. The van der Waals surface area contributed by atoms with Crippen molar-refractivity contribution in [1.29, 1.82) is 0 Å². The molecule has 0 aliphatic heterocycles. The van der Waals surface area contributed by atoms with Gasteiger partial charge in [-0.1, -0.05) is 0 Å². The van der Waals surface area contributed by atoms with Gasteiger partial charge in [-0.25, -0.2) is 0 Å². The first-order valence-corrected chi connectivity index (χ1v) is 4.01. The van der Waals surface area contributed by atoms with Crippen LogP contribution in [0, 0.1) is 0 Å². The second-order valence-corrected chi connectivity index (χ2v) is 3.60. The van der Waals surface area contributed by atoms with Gasteiger partial charge in [0.25, 0.3) is 0 Å². The molecule has 0 spiro atoms. The minimum Gasteiger partial charge on any atom is -0.301 e.